The second-order valence-electron chi connectivity index (χ2n) is 3.04. The van der Waals surface area contributed by atoms with Crippen molar-refractivity contribution in [3.05, 3.63) is 17.4 Å². The van der Waals surface area contributed by atoms with E-state index in [2.05, 4.69) is 4.98 Å². The summed E-state index contributed by atoms with van der Waals surface area (Å²) in [5, 5.41) is 16.4. The Balaban J connectivity index is 3.06. The van der Waals surface area contributed by atoms with Gasteiger partial charge in [0, 0.05) is 6.07 Å². The molecule has 0 radical (unpaired) electrons. The molecule has 0 aliphatic heterocycles. The van der Waals surface area contributed by atoms with E-state index in [1.165, 1.54) is 0 Å². The second-order valence-corrected chi connectivity index (χ2v) is 3.04. The third kappa shape index (κ3) is 2.21. The first kappa shape index (κ1) is 9.57. The van der Waals surface area contributed by atoms with Crippen LogP contribution in [0.1, 0.15) is 19.5 Å². The molecule has 72 valence electrons. The van der Waals surface area contributed by atoms with E-state index in [0.717, 1.165) is 0 Å². The lowest BCUT2D eigenvalue weighted by Gasteiger charge is -2.09. The van der Waals surface area contributed by atoms with Crippen LogP contribution in [0.3, 0.4) is 0 Å². The van der Waals surface area contributed by atoms with Gasteiger partial charge < -0.3 is 9.94 Å². The van der Waals surface area contributed by atoms with Crippen LogP contribution in [0.25, 0.3) is 0 Å². The molecule has 5 nitrogen and oxygen atoms in total. The minimum atomic E-state index is -0.226. The maximum absolute atomic E-state index is 9.18. The molecule has 2 N–H and O–H groups in total. The number of nitrogens with zero attached hydrogens (tertiary/aromatic N) is 2. The van der Waals surface area contributed by atoms with Crippen molar-refractivity contribution in [2.75, 3.05) is 0 Å². The average molecular weight is 183 g/mol. The van der Waals surface area contributed by atoms with Crippen LogP contribution in [-0.2, 0) is 0 Å². The zero-order valence-electron chi connectivity index (χ0n) is 7.90. The van der Waals surface area contributed by atoms with E-state index in [1.54, 1.807) is 13.0 Å². The van der Waals surface area contributed by atoms with Crippen LogP contribution in [0.2, 0.25) is 0 Å². The molecular weight excluding hydrogens is 170 g/mol. The van der Waals surface area contributed by atoms with Gasteiger partial charge in [-0.05, 0) is 20.8 Å². The minimum Gasteiger partial charge on any atom is -0.475 e. The molecule has 0 bridgehead atoms. The lowest BCUT2D eigenvalue weighted by Crippen LogP contribution is -2.24. The summed E-state index contributed by atoms with van der Waals surface area (Å²) in [4.78, 5) is 3.73. The van der Waals surface area contributed by atoms with E-state index in [-0.39, 0.29) is 11.7 Å². The molecule has 0 aromatic carbocycles. The van der Waals surface area contributed by atoms with Crippen LogP contribution < -0.4 is 10.4 Å². The largest absolute Gasteiger partial charge is 0.475 e. The van der Waals surface area contributed by atoms with Crippen LogP contribution in [0.15, 0.2) is 6.07 Å². The van der Waals surface area contributed by atoms with Crippen LogP contribution in [0, 0.1) is 12.3 Å². The first-order valence-electron chi connectivity index (χ1n) is 4.02. The normalized spacial score (nSPS) is 10.5. The highest BCUT2D eigenvalue weighted by Gasteiger charge is 2.03. The summed E-state index contributed by atoms with van der Waals surface area (Å²) < 4.78 is 5.98. The van der Waals surface area contributed by atoms with Crippen molar-refractivity contribution in [3.63, 3.8) is 0 Å². The molecule has 0 aliphatic rings. The minimum absolute atomic E-state index is 0.0147. The highest BCUT2D eigenvalue weighted by Crippen LogP contribution is 2.06. The van der Waals surface area contributed by atoms with Crippen molar-refractivity contribution in [2.45, 2.75) is 26.9 Å². The molecule has 13 heavy (non-hydrogen) atoms. The second kappa shape index (κ2) is 3.47. The third-order valence-electron chi connectivity index (χ3n) is 1.44. The summed E-state index contributed by atoms with van der Waals surface area (Å²) in [7, 11) is 0. The topological polar surface area (TPSA) is 71.1 Å². The molecule has 0 fully saturated rings. The van der Waals surface area contributed by atoms with Gasteiger partial charge in [0.05, 0.1) is 11.8 Å². The zero-order chi connectivity index (χ0) is 10.0. The summed E-state index contributed by atoms with van der Waals surface area (Å²) >= 11 is 0. The predicted molar refractivity (Wildman–Crippen MR) is 45.8 cm³/mol. The van der Waals surface area contributed by atoms with Crippen LogP contribution in [0.5, 0.6) is 5.88 Å². The molecule has 0 unspecified atom stereocenters. The summed E-state index contributed by atoms with van der Waals surface area (Å²) in [5.41, 5.74) is 0.298. The standard InChI is InChI=1S/C8H13N3O2/c1-5(2)13-7-4-6(3)11(12)8(9)10-7/h4-5,9,12H,1-3H3. The average Bonchev–Trinajstić information content (AvgIpc) is 1.98. The van der Waals surface area contributed by atoms with Crippen LogP contribution >= 0.6 is 0 Å². The van der Waals surface area contributed by atoms with Crippen molar-refractivity contribution < 1.29 is 9.94 Å². The quantitative estimate of drug-likeness (QED) is 0.663. The number of aromatic nitrogens is 2. The Morgan fingerprint density at radius 3 is 2.69 bits per heavy atom. The summed E-state index contributed by atoms with van der Waals surface area (Å²) in [6, 6.07) is 1.58. The number of nitrogens with one attached hydrogen (secondary N) is 1. The number of hydrogen-bond donors (Lipinski definition) is 2. The molecule has 1 rings (SSSR count). The van der Waals surface area contributed by atoms with Crippen molar-refractivity contribution in [1.82, 2.24) is 9.71 Å². The Labute approximate surface area is 76.1 Å². The first-order valence-corrected chi connectivity index (χ1v) is 4.02. The van der Waals surface area contributed by atoms with E-state index in [9.17, 15) is 5.21 Å². The molecule has 0 spiro atoms. The summed E-state index contributed by atoms with van der Waals surface area (Å²) in [5.74, 6) is 0.364. The Morgan fingerprint density at radius 1 is 1.62 bits per heavy atom. The molecule has 1 aromatic rings. The Hall–Kier alpha value is -1.52. The van der Waals surface area contributed by atoms with E-state index >= 15 is 0 Å². The molecule has 0 aliphatic carbocycles. The number of ether oxygens (including phenoxy) is 1. The van der Waals surface area contributed by atoms with E-state index < -0.39 is 0 Å². The molecule has 0 atom stereocenters. The molecule has 1 heterocycles. The lowest BCUT2D eigenvalue weighted by molar-refractivity contribution is 0.152. The fourth-order valence-electron chi connectivity index (χ4n) is 0.893. The van der Waals surface area contributed by atoms with Crippen LogP contribution in [0.4, 0.5) is 0 Å². The zero-order valence-corrected chi connectivity index (χ0v) is 7.90. The van der Waals surface area contributed by atoms with Gasteiger partial charge in [-0.3, -0.25) is 5.41 Å². The third-order valence-corrected chi connectivity index (χ3v) is 1.44. The highest BCUT2D eigenvalue weighted by molar-refractivity contribution is 5.12. The van der Waals surface area contributed by atoms with Gasteiger partial charge in [0.25, 0.3) is 5.62 Å². The van der Waals surface area contributed by atoms with Gasteiger partial charge in [-0.25, -0.2) is 0 Å². The van der Waals surface area contributed by atoms with E-state index in [0.29, 0.717) is 16.3 Å². The predicted octanol–water partition coefficient (Wildman–Crippen LogP) is 0.695. The van der Waals surface area contributed by atoms with E-state index in [4.69, 9.17) is 10.1 Å². The molecule has 5 heteroatoms. The number of hydrogen-bond acceptors (Lipinski definition) is 4. The molecule has 0 saturated carbocycles. The molecule has 0 saturated heterocycles. The van der Waals surface area contributed by atoms with Gasteiger partial charge in [0.2, 0.25) is 5.88 Å². The summed E-state index contributed by atoms with van der Waals surface area (Å²) in [6.45, 7) is 5.42. The smallest absolute Gasteiger partial charge is 0.258 e. The van der Waals surface area contributed by atoms with Crippen LogP contribution in [-0.4, -0.2) is 21.0 Å². The Bertz CT molecular complexity index is 357. The molecule has 0 amide bonds. The van der Waals surface area contributed by atoms with Gasteiger partial charge >= 0.3 is 0 Å². The SMILES string of the molecule is Cc1cc(OC(C)C)nc(=N)n1O. The van der Waals surface area contributed by atoms with Gasteiger partial charge in [-0.2, -0.15) is 9.71 Å². The van der Waals surface area contributed by atoms with Crippen molar-refractivity contribution in [1.29, 1.82) is 5.41 Å². The monoisotopic (exact) mass is 183 g/mol. The van der Waals surface area contributed by atoms with Gasteiger partial charge in [0.1, 0.15) is 0 Å². The maximum Gasteiger partial charge on any atom is 0.258 e. The van der Waals surface area contributed by atoms with Crippen molar-refractivity contribution in [2.24, 2.45) is 0 Å². The van der Waals surface area contributed by atoms with Crippen molar-refractivity contribution in [3.8, 4) is 5.88 Å². The Morgan fingerprint density at radius 2 is 2.23 bits per heavy atom. The lowest BCUT2D eigenvalue weighted by atomic mass is 10.4. The van der Waals surface area contributed by atoms with Gasteiger partial charge in [0.15, 0.2) is 0 Å². The van der Waals surface area contributed by atoms with Gasteiger partial charge in [-0.1, -0.05) is 0 Å². The highest BCUT2D eigenvalue weighted by atomic mass is 16.5. The van der Waals surface area contributed by atoms with E-state index in [1.807, 2.05) is 13.8 Å². The fraction of sp³-hybridized carbons (Fsp3) is 0.500. The summed E-state index contributed by atoms with van der Waals surface area (Å²) in [6.07, 6.45) is 0.0147. The van der Waals surface area contributed by atoms with Crippen molar-refractivity contribution >= 4 is 0 Å². The number of rotatable bonds is 2. The number of aryl methyl sites for hydroxylation is 1. The fourth-order valence-corrected chi connectivity index (χ4v) is 0.893. The Kier molecular flexibility index (Phi) is 2.55. The first-order chi connectivity index (χ1) is 6.00. The van der Waals surface area contributed by atoms with Gasteiger partial charge in [-0.15, -0.1) is 0 Å². The maximum atomic E-state index is 9.18. The molecule has 1 aromatic heterocycles. The molecular formula is C8H13N3O2.